The summed E-state index contributed by atoms with van der Waals surface area (Å²) in [6.07, 6.45) is 0. The summed E-state index contributed by atoms with van der Waals surface area (Å²) in [4.78, 5) is 0. The van der Waals surface area contributed by atoms with Crippen molar-refractivity contribution < 1.29 is 4.48 Å². The summed E-state index contributed by atoms with van der Waals surface area (Å²) in [7, 11) is 5.98. The van der Waals surface area contributed by atoms with Crippen LogP contribution in [-0.4, -0.2) is 65.5 Å². The van der Waals surface area contributed by atoms with Crippen LogP contribution in [0.4, 0.5) is 0 Å². The van der Waals surface area contributed by atoms with Crippen molar-refractivity contribution in [1.29, 1.82) is 0 Å². The molecule has 0 aliphatic carbocycles. The first-order chi connectivity index (χ1) is 8.03. The molecule has 0 N–H and O–H groups in total. The molecule has 2 aromatic rings. The third kappa shape index (κ3) is 2.28. The molecule has 0 unspecified atom stereocenters. The van der Waals surface area contributed by atoms with E-state index in [9.17, 15) is 0 Å². The smallest absolute Gasteiger partial charge is 0.226 e. The Kier molecular flexibility index (Phi) is 2.84. The molecular weight excluding hydrogens is 222 g/mol. The fourth-order valence-electron chi connectivity index (χ4n) is 1.34. The van der Waals surface area contributed by atoms with Crippen LogP contribution in [0.25, 0.3) is 11.6 Å². The van der Waals surface area contributed by atoms with Gasteiger partial charge < -0.3 is 4.48 Å². The first-order valence-corrected chi connectivity index (χ1v) is 5.34. The second-order valence-electron chi connectivity index (χ2n) is 4.52. The van der Waals surface area contributed by atoms with Gasteiger partial charge in [0.25, 0.3) is 0 Å². The highest BCUT2D eigenvalue weighted by Crippen LogP contribution is 2.11. The van der Waals surface area contributed by atoms with Crippen molar-refractivity contribution in [3.63, 3.8) is 0 Å². The Labute approximate surface area is 98.6 Å². The minimum Gasteiger partial charge on any atom is -0.310 e. The molecule has 0 amide bonds. The number of hydrogen-bond donors (Lipinski definition) is 0. The molecule has 0 atom stereocenters. The van der Waals surface area contributed by atoms with Crippen molar-refractivity contribution in [2.24, 2.45) is 7.05 Å². The van der Waals surface area contributed by atoms with E-state index >= 15 is 0 Å². The first-order valence-electron chi connectivity index (χ1n) is 5.34. The largest absolute Gasteiger partial charge is 0.310 e. The van der Waals surface area contributed by atoms with Gasteiger partial charge in [0.1, 0.15) is 0 Å². The van der Waals surface area contributed by atoms with Crippen LogP contribution in [0.15, 0.2) is 0 Å². The topological polar surface area (TPSA) is 87.2 Å². The van der Waals surface area contributed by atoms with E-state index in [4.69, 9.17) is 0 Å². The number of rotatable bonds is 4. The highest BCUT2D eigenvalue weighted by atomic mass is 15.6. The van der Waals surface area contributed by atoms with Crippen LogP contribution in [0.1, 0.15) is 6.92 Å². The summed E-state index contributed by atoms with van der Waals surface area (Å²) in [5.41, 5.74) is 0. The quantitative estimate of drug-likeness (QED) is 0.629. The number of hydrogen-bond acceptors (Lipinski definition) is 6. The van der Waals surface area contributed by atoms with Gasteiger partial charge in [0, 0.05) is 7.05 Å². The second-order valence-corrected chi connectivity index (χ2v) is 4.52. The zero-order chi connectivity index (χ0) is 12.5. The lowest BCUT2D eigenvalue weighted by molar-refractivity contribution is -0.911. The van der Waals surface area contributed by atoms with Gasteiger partial charge in [-0.3, -0.25) is 0 Å². The number of nitrogens with zero attached hydrogens (tertiary/aromatic N) is 9. The monoisotopic (exact) mass is 238 g/mol. The summed E-state index contributed by atoms with van der Waals surface area (Å²) in [6.45, 7) is 3.77. The molecule has 9 heteroatoms. The second kappa shape index (κ2) is 4.17. The van der Waals surface area contributed by atoms with Gasteiger partial charge in [-0.25, -0.2) is 4.68 Å². The van der Waals surface area contributed by atoms with Crippen molar-refractivity contribution in [1.82, 2.24) is 40.4 Å². The summed E-state index contributed by atoms with van der Waals surface area (Å²) in [6, 6.07) is 0. The molecule has 9 nitrogen and oxygen atoms in total. The van der Waals surface area contributed by atoms with Gasteiger partial charge in [0.15, 0.2) is 6.67 Å². The molecule has 2 rings (SSSR count). The summed E-state index contributed by atoms with van der Waals surface area (Å²) >= 11 is 0. The van der Waals surface area contributed by atoms with E-state index in [1.807, 2.05) is 0 Å². The minimum absolute atomic E-state index is 0.561. The van der Waals surface area contributed by atoms with Gasteiger partial charge in [-0.1, -0.05) is 0 Å². The molecule has 17 heavy (non-hydrogen) atoms. The summed E-state index contributed by atoms with van der Waals surface area (Å²) < 4.78 is 4.05. The predicted octanol–water partition coefficient (Wildman–Crippen LogP) is -1.08. The molecule has 0 spiro atoms. The van der Waals surface area contributed by atoms with Gasteiger partial charge in [0.05, 0.1) is 20.6 Å². The fourth-order valence-corrected chi connectivity index (χ4v) is 1.34. The highest BCUT2D eigenvalue weighted by molar-refractivity contribution is 5.40. The molecule has 0 fully saturated rings. The van der Waals surface area contributed by atoms with Crippen molar-refractivity contribution >= 4 is 0 Å². The molecule has 0 radical (unpaired) electrons. The molecule has 0 bridgehead atoms. The average molecular weight is 238 g/mol. The molecular formula is C8H16N9+. The zero-order valence-electron chi connectivity index (χ0n) is 10.4. The Hall–Kier alpha value is -1.90. The number of aryl methyl sites for hydroxylation is 1. The normalized spacial score (nSPS) is 12.0. The highest BCUT2D eigenvalue weighted by Gasteiger charge is 2.20. The molecule has 0 aromatic carbocycles. The molecule has 0 aliphatic heterocycles. The lowest BCUT2D eigenvalue weighted by atomic mass is 10.5. The Morgan fingerprint density at radius 1 is 1.06 bits per heavy atom. The van der Waals surface area contributed by atoms with Gasteiger partial charge in [-0.15, -0.1) is 10.2 Å². The first kappa shape index (κ1) is 11.6. The third-order valence-corrected chi connectivity index (χ3v) is 2.72. The molecule has 92 valence electrons. The van der Waals surface area contributed by atoms with E-state index in [0.717, 1.165) is 11.0 Å². The molecule has 0 saturated carbocycles. The molecule has 2 heterocycles. The van der Waals surface area contributed by atoms with Gasteiger partial charge in [-0.05, 0) is 27.8 Å². The van der Waals surface area contributed by atoms with Crippen LogP contribution < -0.4 is 0 Å². The zero-order valence-corrected chi connectivity index (χ0v) is 10.4. The lowest BCUT2D eigenvalue weighted by Crippen LogP contribution is -2.41. The van der Waals surface area contributed by atoms with Crippen molar-refractivity contribution in [3.8, 4) is 11.6 Å². The minimum atomic E-state index is 0.561. The average Bonchev–Trinajstić information content (AvgIpc) is 2.86. The maximum absolute atomic E-state index is 3.98. The number of aromatic nitrogens is 8. The standard InChI is InChI=1S/C8H16N9/c1-5-17(3,4)6-16-8(10-12-14-16)7-9-11-13-15(7)2/h5-6H2,1-4H3/q+1. The van der Waals surface area contributed by atoms with Crippen molar-refractivity contribution in [2.75, 3.05) is 20.6 Å². The van der Waals surface area contributed by atoms with E-state index in [1.165, 1.54) is 0 Å². The van der Waals surface area contributed by atoms with E-state index in [2.05, 4.69) is 52.1 Å². The summed E-state index contributed by atoms with van der Waals surface area (Å²) in [5, 5.41) is 22.9. The van der Waals surface area contributed by atoms with E-state index in [0.29, 0.717) is 18.3 Å². The molecule has 0 saturated heterocycles. The number of quaternary nitrogens is 1. The van der Waals surface area contributed by atoms with Crippen molar-refractivity contribution in [3.05, 3.63) is 0 Å². The third-order valence-electron chi connectivity index (χ3n) is 2.72. The Bertz CT molecular complexity index is 497. The summed E-state index contributed by atoms with van der Waals surface area (Å²) in [5.74, 6) is 1.14. The van der Waals surface area contributed by atoms with Gasteiger partial charge >= 0.3 is 0 Å². The lowest BCUT2D eigenvalue weighted by Gasteiger charge is -2.27. The Morgan fingerprint density at radius 2 is 1.71 bits per heavy atom. The van der Waals surface area contributed by atoms with E-state index in [-0.39, 0.29) is 0 Å². The fraction of sp³-hybridized carbons (Fsp3) is 0.750. The van der Waals surface area contributed by atoms with Gasteiger partial charge in [-0.2, -0.15) is 4.68 Å². The van der Waals surface area contributed by atoms with E-state index in [1.54, 1.807) is 16.4 Å². The van der Waals surface area contributed by atoms with Crippen LogP contribution in [-0.2, 0) is 13.7 Å². The van der Waals surface area contributed by atoms with Crippen LogP contribution in [0, 0.1) is 0 Å². The molecule has 2 aromatic heterocycles. The predicted molar refractivity (Wildman–Crippen MR) is 58.3 cm³/mol. The van der Waals surface area contributed by atoms with E-state index < -0.39 is 0 Å². The van der Waals surface area contributed by atoms with Crippen LogP contribution in [0.5, 0.6) is 0 Å². The maximum Gasteiger partial charge on any atom is 0.226 e. The maximum atomic E-state index is 3.98. The Morgan fingerprint density at radius 3 is 2.29 bits per heavy atom. The SMILES string of the molecule is CC[N+](C)(C)Cn1nnnc1-c1nnnn1C. The van der Waals surface area contributed by atoms with Crippen molar-refractivity contribution in [2.45, 2.75) is 13.6 Å². The van der Waals surface area contributed by atoms with Crippen LogP contribution >= 0.6 is 0 Å². The Balaban J connectivity index is 2.33. The number of tetrazole rings is 2. The van der Waals surface area contributed by atoms with Crippen LogP contribution in [0.2, 0.25) is 0 Å². The van der Waals surface area contributed by atoms with Crippen LogP contribution in [0.3, 0.4) is 0 Å². The molecule has 0 aliphatic rings. The van der Waals surface area contributed by atoms with Gasteiger partial charge in [0.2, 0.25) is 11.6 Å².